The third-order valence-corrected chi connectivity index (χ3v) is 5.57. The van der Waals surface area contributed by atoms with Gasteiger partial charge in [0.2, 0.25) is 0 Å². The number of amides is 1. The molecule has 1 aliphatic rings. The average molecular weight is 385 g/mol. The van der Waals surface area contributed by atoms with Crippen molar-refractivity contribution in [1.29, 1.82) is 0 Å². The molecule has 0 spiro atoms. The number of methoxy groups -OCH3 is 1. The van der Waals surface area contributed by atoms with Crippen LogP contribution in [0, 0.1) is 0 Å². The maximum atomic E-state index is 12.4. The van der Waals surface area contributed by atoms with Crippen LogP contribution in [0.2, 0.25) is 0 Å². The number of benzene rings is 1. The van der Waals surface area contributed by atoms with Crippen molar-refractivity contribution in [1.82, 2.24) is 20.4 Å². The highest BCUT2D eigenvalue weighted by Crippen LogP contribution is 2.28. The molecule has 1 aromatic carbocycles. The molecule has 1 aliphatic heterocycles. The summed E-state index contributed by atoms with van der Waals surface area (Å²) in [5.41, 5.74) is 4.40. The van der Waals surface area contributed by atoms with Crippen molar-refractivity contribution in [2.75, 3.05) is 39.9 Å². The molecule has 0 radical (unpaired) electrons. The number of rotatable bonds is 9. The standard InChI is InChI=1S/C22H32N4O2/c1-3-17-6-8-18(9-7-17)10-13-26-12-4-5-19(16-26)21-20(15-24-25-21)22(27)23-11-14-28-2/h6-9,15,19H,3-5,10-14,16H2,1-2H3,(H,23,27)(H,24,25). The van der Waals surface area contributed by atoms with Crippen LogP contribution in [0.3, 0.4) is 0 Å². The van der Waals surface area contributed by atoms with Crippen LogP contribution in [-0.2, 0) is 17.6 Å². The zero-order chi connectivity index (χ0) is 19.8. The van der Waals surface area contributed by atoms with Gasteiger partial charge in [-0.2, -0.15) is 5.10 Å². The van der Waals surface area contributed by atoms with Crippen molar-refractivity contribution in [2.24, 2.45) is 0 Å². The topological polar surface area (TPSA) is 70.2 Å². The summed E-state index contributed by atoms with van der Waals surface area (Å²) in [6, 6.07) is 8.95. The number of aromatic nitrogens is 2. The minimum Gasteiger partial charge on any atom is -0.383 e. The Bertz CT molecular complexity index is 741. The summed E-state index contributed by atoms with van der Waals surface area (Å²) < 4.78 is 5.00. The van der Waals surface area contributed by atoms with E-state index >= 15 is 0 Å². The van der Waals surface area contributed by atoms with Gasteiger partial charge in [-0.3, -0.25) is 9.89 Å². The number of likely N-dealkylation sites (tertiary alicyclic amines) is 1. The van der Waals surface area contributed by atoms with Gasteiger partial charge in [0.05, 0.1) is 24.1 Å². The maximum absolute atomic E-state index is 12.4. The van der Waals surface area contributed by atoms with Crippen molar-refractivity contribution >= 4 is 5.91 Å². The maximum Gasteiger partial charge on any atom is 0.254 e. The van der Waals surface area contributed by atoms with E-state index in [0.717, 1.165) is 51.0 Å². The molecule has 2 N–H and O–H groups in total. The fourth-order valence-electron chi connectivity index (χ4n) is 3.87. The SMILES string of the molecule is CCc1ccc(CCN2CCCC(c3[nH]ncc3C(=O)NCCOC)C2)cc1. The van der Waals surface area contributed by atoms with Gasteiger partial charge < -0.3 is 15.0 Å². The highest BCUT2D eigenvalue weighted by Gasteiger charge is 2.26. The van der Waals surface area contributed by atoms with Gasteiger partial charge in [-0.1, -0.05) is 31.2 Å². The van der Waals surface area contributed by atoms with Gasteiger partial charge in [-0.05, 0) is 43.4 Å². The van der Waals surface area contributed by atoms with Crippen molar-refractivity contribution in [3.05, 3.63) is 52.8 Å². The minimum atomic E-state index is -0.0751. The van der Waals surface area contributed by atoms with E-state index in [1.807, 2.05) is 0 Å². The number of nitrogens with one attached hydrogen (secondary N) is 2. The van der Waals surface area contributed by atoms with Crippen LogP contribution in [0.15, 0.2) is 30.5 Å². The first-order chi connectivity index (χ1) is 13.7. The average Bonchev–Trinajstić information content (AvgIpc) is 3.23. The van der Waals surface area contributed by atoms with E-state index in [1.165, 1.54) is 11.1 Å². The largest absolute Gasteiger partial charge is 0.383 e. The molecule has 1 saturated heterocycles. The van der Waals surface area contributed by atoms with Gasteiger partial charge in [-0.25, -0.2) is 0 Å². The number of H-pyrrole nitrogens is 1. The first kappa shape index (κ1) is 20.6. The van der Waals surface area contributed by atoms with Crippen LogP contribution in [0.4, 0.5) is 0 Å². The third kappa shape index (κ3) is 5.42. The van der Waals surface area contributed by atoms with Crippen LogP contribution in [0.25, 0.3) is 0 Å². The Morgan fingerprint density at radius 2 is 2.11 bits per heavy atom. The van der Waals surface area contributed by atoms with E-state index in [2.05, 4.69) is 51.6 Å². The summed E-state index contributed by atoms with van der Waals surface area (Å²) in [5.74, 6) is 0.246. The Labute approximate surface area is 167 Å². The molecule has 1 atom stereocenters. The summed E-state index contributed by atoms with van der Waals surface area (Å²) in [6.07, 6.45) is 6.01. The van der Waals surface area contributed by atoms with Gasteiger partial charge in [-0.15, -0.1) is 0 Å². The van der Waals surface area contributed by atoms with E-state index in [4.69, 9.17) is 4.74 Å². The Balaban J connectivity index is 1.56. The van der Waals surface area contributed by atoms with Crippen molar-refractivity contribution in [2.45, 2.75) is 38.5 Å². The lowest BCUT2D eigenvalue weighted by Gasteiger charge is -2.32. The van der Waals surface area contributed by atoms with Crippen LogP contribution in [0.5, 0.6) is 0 Å². The molecule has 0 saturated carbocycles. The second-order valence-electron chi connectivity index (χ2n) is 7.51. The first-order valence-corrected chi connectivity index (χ1v) is 10.3. The molecule has 2 aromatic rings. The molecule has 6 nitrogen and oxygen atoms in total. The lowest BCUT2D eigenvalue weighted by Crippen LogP contribution is -2.37. The monoisotopic (exact) mass is 384 g/mol. The van der Waals surface area contributed by atoms with Gasteiger partial charge >= 0.3 is 0 Å². The summed E-state index contributed by atoms with van der Waals surface area (Å²) in [6.45, 7) is 6.33. The molecule has 3 rings (SSSR count). The highest BCUT2D eigenvalue weighted by molar-refractivity contribution is 5.95. The molecule has 1 amide bonds. The van der Waals surface area contributed by atoms with Crippen LogP contribution in [-0.4, -0.2) is 60.9 Å². The van der Waals surface area contributed by atoms with E-state index in [1.54, 1.807) is 13.3 Å². The molecular formula is C22H32N4O2. The first-order valence-electron chi connectivity index (χ1n) is 10.3. The number of carbonyl (C=O) groups excluding carboxylic acids is 1. The molecule has 1 unspecified atom stereocenters. The number of hydrogen-bond acceptors (Lipinski definition) is 4. The molecule has 152 valence electrons. The summed E-state index contributed by atoms with van der Waals surface area (Å²) in [4.78, 5) is 15.0. The van der Waals surface area contributed by atoms with E-state index in [0.29, 0.717) is 24.6 Å². The zero-order valence-corrected chi connectivity index (χ0v) is 17.0. The predicted octanol–water partition coefficient (Wildman–Crippen LogP) is 2.77. The number of hydrogen-bond donors (Lipinski definition) is 2. The number of aromatic amines is 1. The highest BCUT2D eigenvalue weighted by atomic mass is 16.5. The zero-order valence-electron chi connectivity index (χ0n) is 17.0. The van der Waals surface area contributed by atoms with E-state index in [9.17, 15) is 4.79 Å². The number of nitrogens with zero attached hydrogens (tertiary/aromatic N) is 2. The second-order valence-corrected chi connectivity index (χ2v) is 7.51. The predicted molar refractivity (Wildman–Crippen MR) is 111 cm³/mol. The van der Waals surface area contributed by atoms with Crippen LogP contribution < -0.4 is 5.32 Å². The minimum absolute atomic E-state index is 0.0751. The second kappa shape index (κ2) is 10.4. The van der Waals surface area contributed by atoms with E-state index < -0.39 is 0 Å². The normalized spacial score (nSPS) is 17.6. The molecule has 0 aliphatic carbocycles. The fraction of sp³-hybridized carbons (Fsp3) is 0.545. The number of aryl methyl sites for hydroxylation is 1. The van der Waals surface area contributed by atoms with Crippen molar-refractivity contribution < 1.29 is 9.53 Å². The molecule has 2 heterocycles. The summed E-state index contributed by atoms with van der Waals surface area (Å²) in [5, 5.41) is 10.1. The molecule has 6 heteroatoms. The van der Waals surface area contributed by atoms with Crippen molar-refractivity contribution in [3.8, 4) is 0 Å². The number of carbonyl (C=O) groups is 1. The number of ether oxygens (including phenoxy) is 1. The van der Waals surface area contributed by atoms with Crippen LogP contribution in [0.1, 0.15) is 52.9 Å². The molecule has 1 fully saturated rings. The van der Waals surface area contributed by atoms with Crippen LogP contribution >= 0.6 is 0 Å². The molecule has 0 bridgehead atoms. The Hall–Kier alpha value is -2.18. The van der Waals surface area contributed by atoms with Gasteiger partial charge in [0.25, 0.3) is 5.91 Å². The smallest absolute Gasteiger partial charge is 0.254 e. The fourth-order valence-corrected chi connectivity index (χ4v) is 3.87. The molecular weight excluding hydrogens is 352 g/mol. The van der Waals surface area contributed by atoms with E-state index in [-0.39, 0.29) is 5.91 Å². The van der Waals surface area contributed by atoms with Gasteiger partial charge in [0, 0.05) is 32.7 Å². The van der Waals surface area contributed by atoms with Gasteiger partial charge in [0.1, 0.15) is 0 Å². The quantitative estimate of drug-likeness (QED) is 0.652. The number of piperidine rings is 1. The Kier molecular flexibility index (Phi) is 7.62. The molecule has 1 aromatic heterocycles. The van der Waals surface area contributed by atoms with Gasteiger partial charge in [0.15, 0.2) is 0 Å². The molecule has 28 heavy (non-hydrogen) atoms. The van der Waals surface area contributed by atoms with Crippen molar-refractivity contribution in [3.63, 3.8) is 0 Å². The lowest BCUT2D eigenvalue weighted by molar-refractivity contribution is 0.0934. The Morgan fingerprint density at radius 1 is 1.32 bits per heavy atom. The third-order valence-electron chi connectivity index (χ3n) is 5.57. The summed E-state index contributed by atoms with van der Waals surface area (Å²) in [7, 11) is 1.63. The Morgan fingerprint density at radius 3 is 2.86 bits per heavy atom. The summed E-state index contributed by atoms with van der Waals surface area (Å²) >= 11 is 0. The lowest BCUT2D eigenvalue weighted by atomic mass is 9.92.